The van der Waals surface area contributed by atoms with E-state index in [1.807, 2.05) is 0 Å². The summed E-state index contributed by atoms with van der Waals surface area (Å²) in [5, 5.41) is 0. The predicted molar refractivity (Wildman–Crippen MR) is 104 cm³/mol. The van der Waals surface area contributed by atoms with Crippen LogP contribution in [0.3, 0.4) is 0 Å². The minimum atomic E-state index is 0.745. The molecule has 0 aliphatic carbocycles. The molecule has 0 radical (unpaired) electrons. The summed E-state index contributed by atoms with van der Waals surface area (Å²) >= 11 is 0. The van der Waals surface area contributed by atoms with Crippen molar-refractivity contribution in [3.8, 4) is 0 Å². The standard InChI is InChI=1S/C23H25N/c1-19(2)13-14-20-15-17-23(18-16-20)24(21-9-5-3-6-10-21)22-11-7-4-8-12-22/h3-12,15-19H,13-14H2,1-2H3. The van der Waals surface area contributed by atoms with Crippen LogP contribution in [-0.2, 0) is 6.42 Å². The lowest BCUT2D eigenvalue weighted by molar-refractivity contribution is 0.587. The molecule has 3 rings (SSSR count). The number of rotatable bonds is 6. The molecule has 0 bridgehead atoms. The molecule has 0 heterocycles. The maximum Gasteiger partial charge on any atom is 0.0461 e. The van der Waals surface area contributed by atoms with Gasteiger partial charge in [-0.3, -0.25) is 0 Å². The molecule has 0 saturated heterocycles. The summed E-state index contributed by atoms with van der Waals surface area (Å²) in [7, 11) is 0. The highest BCUT2D eigenvalue weighted by molar-refractivity contribution is 5.76. The lowest BCUT2D eigenvalue weighted by atomic mass is 10.0. The van der Waals surface area contributed by atoms with E-state index in [1.165, 1.54) is 29.0 Å². The Bertz CT molecular complexity index is 691. The van der Waals surface area contributed by atoms with E-state index in [0.717, 1.165) is 12.3 Å². The molecule has 0 N–H and O–H groups in total. The summed E-state index contributed by atoms with van der Waals surface area (Å²) in [6.07, 6.45) is 2.38. The van der Waals surface area contributed by atoms with Gasteiger partial charge in [0.2, 0.25) is 0 Å². The summed E-state index contributed by atoms with van der Waals surface area (Å²) < 4.78 is 0. The smallest absolute Gasteiger partial charge is 0.0461 e. The minimum absolute atomic E-state index is 0.745. The first-order chi connectivity index (χ1) is 11.7. The minimum Gasteiger partial charge on any atom is -0.311 e. The predicted octanol–water partition coefficient (Wildman–Crippen LogP) is 6.75. The molecule has 3 aromatic carbocycles. The Morgan fingerprint density at radius 2 is 1.08 bits per heavy atom. The van der Waals surface area contributed by atoms with Crippen LogP contribution in [0.4, 0.5) is 17.1 Å². The van der Waals surface area contributed by atoms with E-state index in [2.05, 4.69) is 104 Å². The summed E-state index contributed by atoms with van der Waals surface area (Å²) in [5.74, 6) is 0.745. The monoisotopic (exact) mass is 315 g/mol. The fourth-order valence-corrected chi connectivity index (χ4v) is 2.87. The number of anilines is 3. The van der Waals surface area contributed by atoms with Gasteiger partial charge in [0.1, 0.15) is 0 Å². The van der Waals surface area contributed by atoms with Crippen molar-refractivity contribution >= 4 is 17.1 Å². The lowest BCUT2D eigenvalue weighted by Crippen LogP contribution is -2.09. The lowest BCUT2D eigenvalue weighted by Gasteiger charge is -2.25. The second-order valence-corrected chi connectivity index (χ2v) is 6.61. The SMILES string of the molecule is CC(C)CCc1ccc(N(c2ccccc2)c2ccccc2)cc1. The van der Waals surface area contributed by atoms with Crippen molar-refractivity contribution in [2.45, 2.75) is 26.7 Å². The first-order valence-electron chi connectivity index (χ1n) is 8.73. The van der Waals surface area contributed by atoms with E-state index in [0.29, 0.717) is 0 Å². The summed E-state index contributed by atoms with van der Waals surface area (Å²) in [5.41, 5.74) is 4.96. The third-order valence-corrected chi connectivity index (χ3v) is 4.23. The van der Waals surface area contributed by atoms with Gasteiger partial charge in [-0.2, -0.15) is 0 Å². The van der Waals surface area contributed by atoms with Crippen LogP contribution in [0.25, 0.3) is 0 Å². The fraction of sp³-hybridized carbons (Fsp3) is 0.217. The van der Waals surface area contributed by atoms with E-state index in [-0.39, 0.29) is 0 Å². The molecular formula is C23H25N. The Balaban J connectivity index is 1.92. The van der Waals surface area contributed by atoms with Crippen molar-refractivity contribution in [1.82, 2.24) is 0 Å². The van der Waals surface area contributed by atoms with E-state index >= 15 is 0 Å². The van der Waals surface area contributed by atoms with Gasteiger partial charge < -0.3 is 4.90 Å². The highest BCUT2D eigenvalue weighted by Crippen LogP contribution is 2.34. The average molecular weight is 315 g/mol. The Labute approximate surface area is 145 Å². The highest BCUT2D eigenvalue weighted by Gasteiger charge is 2.11. The number of hydrogen-bond acceptors (Lipinski definition) is 1. The van der Waals surface area contributed by atoms with Crippen LogP contribution in [0.5, 0.6) is 0 Å². The highest BCUT2D eigenvalue weighted by atomic mass is 15.1. The number of para-hydroxylation sites is 2. The van der Waals surface area contributed by atoms with Crippen LogP contribution in [0.15, 0.2) is 84.9 Å². The Hall–Kier alpha value is -2.54. The molecule has 0 spiro atoms. The molecule has 0 saturated carbocycles. The number of hydrogen-bond donors (Lipinski definition) is 0. The molecule has 0 aliphatic heterocycles. The Morgan fingerprint density at radius 1 is 0.625 bits per heavy atom. The van der Waals surface area contributed by atoms with Crippen molar-refractivity contribution in [3.63, 3.8) is 0 Å². The molecule has 1 heteroatoms. The summed E-state index contributed by atoms with van der Waals surface area (Å²) in [6, 6.07) is 30.1. The summed E-state index contributed by atoms with van der Waals surface area (Å²) in [6.45, 7) is 4.56. The third kappa shape index (κ3) is 4.05. The van der Waals surface area contributed by atoms with Gasteiger partial charge in [0.05, 0.1) is 0 Å². The van der Waals surface area contributed by atoms with E-state index in [9.17, 15) is 0 Å². The van der Waals surface area contributed by atoms with Gasteiger partial charge in [0.25, 0.3) is 0 Å². The maximum atomic E-state index is 2.30. The first-order valence-corrected chi connectivity index (χ1v) is 8.73. The van der Waals surface area contributed by atoms with Crippen molar-refractivity contribution in [2.24, 2.45) is 5.92 Å². The molecule has 0 amide bonds. The Kier molecular flexibility index (Phi) is 5.32. The average Bonchev–Trinajstić information content (AvgIpc) is 2.63. The quantitative estimate of drug-likeness (QED) is 0.486. The zero-order valence-electron chi connectivity index (χ0n) is 14.5. The first kappa shape index (κ1) is 16.3. The van der Waals surface area contributed by atoms with E-state index < -0.39 is 0 Å². The van der Waals surface area contributed by atoms with Gasteiger partial charge in [0, 0.05) is 17.1 Å². The third-order valence-electron chi connectivity index (χ3n) is 4.23. The van der Waals surface area contributed by atoms with E-state index in [4.69, 9.17) is 0 Å². The van der Waals surface area contributed by atoms with Crippen molar-refractivity contribution in [3.05, 3.63) is 90.5 Å². The summed E-state index contributed by atoms with van der Waals surface area (Å²) in [4.78, 5) is 2.30. The normalized spacial score (nSPS) is 10.8. The Morgan fingerprint density at radius 3 is 1.54 bits per heavy atom. The molecule has 0 fully saturated rings. The molecule has 0 atom stereocenters. The maximum absolute atomic E-state index is 2.30. The van der Waals surface area contributed by atoms with Gasteiger partial charge in [0.15, 0.2) is 0 Å². The second kappa shape index (κ2) is 7.83. The van der Waals surface area contributed by atoms with Crippen molar-refractivity contribution in [1.29, 1.82) is 0 Å². The van der Waals surface area contributed by atoms with Crippen LogP contribution < -0.4 is 4.90 Å². The number of aryl methyl sites for hydroxylation is 1. The molecule has 122 valence electrons. The van der Waals surface area contributed by atoms with Crippen LogP contribution in [0.2, 0.25) is 0 Å². The molecule has 1 nitrogen and oxygen atoms in total. The molecule has 0 aromatic heterocycles. The molecular weight excluding hydrogens is 290 g/mol. The van der Waals surface area contributed by atoms with Gasteiger partial charge in [-0.25, -0.2) is 0 Å². The van der Waals surface area contributed by atoms with E-state index in [1.54, 1.807) is 0 Å². The van der Waals surface area contributed by atoms with Crippen LogP contribution >= 0.6 is 0 Å². The molecule has 24 heavy (non-hydrogen) atoms. The van der Waals surface area contributed by atoms with Crippen molar-refractivity contribution < 1.29 is 0 Å². The molecule has 0 unspecified atom stereocenters. The van der Waals surface area contributed by atoms with Crippen LogP contribution in [0.1, 0.15) is 25.8 Å². The van der Waals surface area contributed by atoms with Crippen molar-refractivity contribution in [2.75, 3.05) is 4.90 Å². The topological polar surface area (TPSA) is 3.24 Å². The van der Waals surface area contributed by atoms with Gasteiger partial charge in [-0.15, -0.1) is 0 Å². The van der Waals surface area contributed by atoms with Gasteiger partial charge in [-0.05, 0) is 60.7 Å². The van der Waals surface area contributed by atoms with Gasteiger partial charge in [-0.1, -0.05) is 62.4 Å². The number of benzene rings is 3. The zero-order chi connectivity index (χ0) is 16.8. The fourth-order valence-electron chi connectivity index (χ4n) is 2.87. The second-order valence-electron chi connectivity index (χ2n) is 6.61. The number of nitrogens with zero attached hydrogens (tertiary/aromatic N) is 1. The zero-order valence-corrected chi connectivity index (χ0v) is 14.5. The van der Waals surface area contributed by atoms with Gasteiger partial charge >= 0.3 is 0 Å². The van der Waals surface area contributed by atoms with Crippen LogP contribution in [-0.4, -0.2) is 0 Å². The molecule has 0 aliphatic rings. The largest absolute Gasteiger partial charge is 0.311 e. The van der Waals surface area contributed by atoms with Crippen LogP contribution in [0, 0.1) is 5.92 Å². The molecule has 3 aromatic rings.